The number of aromatic hydroxyl groups is 2. The normalized spacial score (nSPS) is 11.2. The van der Waals surface area contributed by atoms with E-state index in [-0.39, 0.29) is 17.1 Å². The summed E-state index contributed by atoms with van der Waals surface area (Å²) in [5.74, 6) is -1.62. The number of para-hydroxylation sites is 1. The van der Waals surface area contributed by atoms with Crippen LogP contribution in [0.1, 0.15) is 15.9 Å². The summed E-state index contributed by atoms with van der Waals surface area (Å²) in [7, 11) is 0. The summed E-state index contributed by atoms with van der Waals surface area (Å²) in [6.45, 7) is 0. The van der Waals surface area contributed by atoms with Crippen molar-refractivity contribution in [3.63, 3.8) is 0 Å². The molecule has 0 aliphatic rings. The Balaban J connectivity index is 2.32. The van der Waals surface area contributed by atoms with Crippen LogP contribution < -0.4 is 5.32 Å². The van der Waals surface area contributed by atoms with Crippen LogP contribution >= 0.6 is 0 Å². The molecule has 0 aromatic heterocycles. The molecule has 0 radical (unpaired) electrons. The van der Waals surface area contributed by atoms with E-state index in [0.717, 1.165) is 30.3 Å². The van der Waals surface area contributed by atoms with Crippen molar-refractivity contribution in [3.05, 3.63) is 53.6 Å². The van der Waals surface area contributed by atoms with Gasteiger partial charge in [0.05, 0.1) is 11.3 Å². The smallest absolute Gasteiger partial charge is 0.418 e. The van der Waals surface area contributed by atoms with Crippen LogP contribution in [-0.2, 0) is 6.18 Å². The molecule has 21 heavy (non-hydrogen) atoms. The lowest BCUT2D eigenvalue weighted by atomic mass is 10.1. The Morgan fingerprint density at radius 1 is 1.00 bits per heavy atom. The summed E-state index contributed by atoms with van der Waals surface area (Å²) in [6, 6.07) is 7.58. The molecule has 2 rings (SSSR count). The molecule has 4 nitrogen and oxygen atoms in total. The Morgan fingerprint density at radius 3 is 2.14 bits per heavy atom. The van der Waals surface area contributed by atoms with Gasteiger partial charge in [0.15, 0.2) is 0 Å². The van der Waals surface area contributed by atoms with Crippen LogP contribution in [0.15, 0.2) is 42.5 Å². The molecule has 0 heterocycles. The van der Waals surface area contributed by atoms with Crippen LogP contribution in [-0.4, -0.2) is 16.1 Å². The zero-order valence-electron chi connectivity index (χ0n) is 10.5. The third-order valence-corrected chi connectivity index (χ3v) is 2.65. The SMILES string of the molecule is O=C(Nc1ccccc1C(F)(F)F)c1cc(O)cc(O)c1. The lowest BCUT2D eigenvalue weighted by molar-refractivity contribution is -0.136. The molecule has 2 aromatic carbocycles. The minimum absolute atomic E-state index is 0.163. The van der Waals surface area contributed by atoms with Crippen LogP contribution in [0.4, 0.5) is 18.9 Å². The monoisotopic (exact) mass is 297 g/mol. The summed E-state index contributed by atoms with van der Waals surface area (Å²) in [4.78, 5) is 11.9. The van der Waals surface area contributed by atoms with Gasteiger partial charge < -0.3 is 15.5 Å². The van der Waals surface area contributed by atoms with Gasteiger partial charge in [-0.05, 0) is 24.3 Å². The predicted molar refractivity (Wildman–Crippen MR) is 69.2 cm³/mol. The summed E-state index contributed by atoms with van der Waals surface area (Å²) in [5, 5.41) is 20.7. The van der Waals surface area contributed by atoms with Crippen molar-refractivity contribution in [2.45, 2.75) is 6.18 Å². The van der Waals surface area contributed by atoms with Gasteiger partial charge in [-0.25, -0.2) is 0 Å². The number of hydrogen-bond donors (Lipinski definition) is 3. The highest BCUT2D eigenvalue weighted by atomic mass is 19.4. The molecule has 0 saturated carbocycles. The molecule has 3 N–H and O–H groups in total. The third kappa shape index (κ3) is 3.44. The molecule has 0 aliphatic carbocycles. The first-order valence-corrected chi connectivity index (χ1v) is 5.78. The first kappa shape index (κ1) is 14.7. The van der Waals surface area contributed by atoms with E-state index < -0.39 is 23.3 Å². The van der Waals surface area contributed by atoms with Crippen LogP contribution in [0.25, 0.3) is 0 Å². The van der Waals surface area contributed by atoms with Crippen molar-refractivity contribution in [1.29, 1.82) is 0 Å². The largest absolute Gasteiger partial charge is 0.508 e. The lowest BCUT2D eigenvalue weighted by Crippen LogP contribution is -2.16. The van der Waals surface area contributed by atoms with E-state index >= 15 is 0 Å². The second-order valence-corrected chi connectivity index (χ2v) is 4.24. The highest BCUT2D eigenvalue weighted by molar-refractivity contribution is 6.05. The molecule has 0 spiro atoms. The summed E-state index contributed by atoms with van der Waals surface area (Å²) < 4.78 is 38.4. The maximum absolute atomic E-state index is 12.8. The molecule has 0 aliphatic heterocycles. The molecule has 110 valence electrons. The molecule has 1 amide bonds. The minimum atomic E-state index is -4.61. The van der Waals surface area contributed by atoms with E-state index in [1.807, 2.05) is 0 Å². The fraction of sp³-hybridized carbons (Fsp3) is 0.0714. The van der Waals surface area contributed by atoms with Crippen molar-refractivity contribution in [1.82, 2.24) is 0 Å². The second kappa shape index (κ2) is 5.35. The number of halogens is 3. The molecule has 0 saturated heterocycles. The van der Waals surface area contributed by atoms with Gasteiger partial charge in [0.1, 0.15) is 11.5 Å². The van der Waals surface area contributed by atoms with E-state index in [4.69, 9.17) is 0 Å². The molecule has 0 atom stereocenters. The fourth-order valence-electron chi connectivity index (χ4n) is 1.76. The van der Waals surface area contributed by atoms with E-state index in [2.05, 4.69) is 5.32 Å². The Morgan fingerprint density at radius 2 is 1.57 bits per heavy atom. The minimum Gasteiger partial charge on any atom is -0.508 e. The number of benzene rings is 2. The van der Waals surface area contributed by atoms with Crippen molar-refractivity contribution in [2.75, 3.05) is 5.32 Å². The number of phenolic OH excluding ortho intramolecular Hbond substituents is 2. The molecule has 7 heteroatoms. The highest BCUT2D eigenvalue weighted by Gasteiger charge is 2.33. The van der Waals surface area contributed by atoms with Gasteiger partial charge in [0.25, 0.3) is 5.91 Å². The van der Waals surface area contributed by atoms with Crippen LogP contribution in [0.5, 0.6) is 11.5 Å². The Bertz CT molecular complexity index is 663. The average Bonchev–Trinajstić information content (AvgIpc) is 2.37. The van der Waals surface area contributed by atoms with Crippen molar-refractivity contribution < 1.29 is 28.2 Å². The zero-order valence-corrected chi connectivity index (χ0v) is 10.5. The third-order valence-electron chi connectivity index (χ3n) is 2.65. The number of hydrogen-bond acceptors (Lipinski definition) is 3. The van der Waals surface area contributed by atoms with Crippen molar-refractivity contribution >= 4 is 11.6 Å². The Labute approximate surface area is 117 Å². The first-order chi connectivity index (χ1) is 9.77. The van der Waals surface area contributed by atoms with E-state index in [0.29, 0.717) is 0 Å². The number of phenols is 2. The first-order valence-electron chi connectivity index (χ1n) is 5.78. The maximum Gasteiger partial charge on any atom is 0.418 e. The summed E-state index contributed by atoms with van der Waals surface area (Å²) in [6.07, 6.45) is -4.61. The van der Waals surface area contributed by atoms with Gasteiger partial charge in [-0.2, -0.15) is 13.2 Å². The van der Waals surface area contributed by atoms with E-state index in [1.54, 1.807) is 0 Å². The molecular weight excluding hydrogens is 287 g/mol. The number of amides is 1. The Hall–Kier alpha value is -2.70. The van der Waals surface area contributed by atoms with Gasteiger partial charge in [0, 0.05) is 11.6 Å². The quantitative estimate of drug-likeness (QED) is 0.796. The zero-order chi connectivity index (χ0) is 15.6. The average molecular weight is 297 g/mol. The van der Waals surface area contributed by atoms with E-state index in [1.165, 1.54) is 12.1 Å². The number of carbonyl (C=O) groups is 1. The molecule has 2 aromatic rings. The van der Waals surface area contributed by atoms with Crippen LogP contribution in [0, 0.1) is 0 Å². The highest BCUT2D eigenvalue weighted by Crippen LogP contribution is 2.34. The molecule has 0 bridgehead atoms. The summed E-state index contributed by atoms with van der Waals surface area (Å²) >= 11 is 0. The topological polar surface area (TPSA) is 69.6 Å². The van der Waals surface area contributed by atoms with Gasteiger partial charge in [-0.1, -0.05) is 12.1 Å². The van der Waals surface area contributed by atoms with Gasteiger partial charge >= 0.3 is 6.18 Å². The molecule has 0 unspecified atom stereocenters. The van der Waals surface area contributed by atoms with Crippen LogP contribution in [0.2, 0.25) is 0 Å². The number of carbonyl (C=O) groups excluding carboxylic acids is 1. The summed E-state index contributed by atoms with van der Waals surface area (Å²) in [5.41, 5.74) is -1.55. The predicted octanol–water partition coefficient (Wildman–Crippen LogP) is 3.37. The number of rotatable bonds is 2. The maximum atomic E-state index is 12.8. The van der Waals surface area contributed by atoms with Crippen molar-refractivity contribution in [3.8, 4) is 11.5 Å². The lowest BCUT2D eigenvalue weighted by Gasteiger charge is -2.13. The molecular formula is C14H10F3NO3. The van der Waals surface area contributed by atoms with Gasteiger partial charge in [-0.15, -0.1) is 0 Å². The second-order valence-electron chi connectivity index (χ2n) is 4.24. The van der Waals surface area contributed by atoms with E-state index in [9.17, 15) is 28.2 Å². The fourth-order valence-corrected chi connectivity index (χ4v) is 1.76. The number of nitrogens with one attached hydrogen (secondary N) is 1. The molecule has 0 fully saturated rings. The van der Waals surface area contributed by atoms with Gasteiger partial charge in [-0.3, -0.25) is 4.79 Å². The van der Waals surface area contributed by atoms with Gasteiger partial charge in [0.2, 0.25) is 0 Å². The Kier molecular flexibility index (Phi) is 3.75. The standard InChI is InChI=1S/C14H10F3NO3/c15-14(16,17)11-3-1-2-4-12(11)18-13(21)8-5-9(19)7-10(20)6-8/h1-7,19-20H,(H,18,21). The number of anilines is 1. The number of alkyl halides is 3. The van der Waals surface area contributed by atoms with Crippen molar-refractivity contribution in [2.24, 2.45) is 0 Å². The van der Waals surface area contributed by atoms with Crippen LogP contribution in [0.3, 0.4) is 0 Å².